The summed E-state index contributed by atoms with van der Waals surface area (Å²) >= 11 is 0. The van der Waals surface area contributed by atoms with Crippen LogP contribution in [0, 0.1) is 18.3 Å². The third-order valence-corrected chi connectivity index (χ3v) is 1.92. The second-order valence-corrected chi connectivity index (χ2v) is 3.99. The Morgan fingerprint density at radius 1 is 1.67 bits per heavy atom. The fraction of sp³-hybridized carbons (Fsp3) is 0.500. The lowest BCUT2D eigenvalue weighted by Crippen LogP contribution is -2.32. The number of nitrogens with one attached hydrogen (secondary N) is 1. The Bertz CT molecular complexity index is 434. The van der Waals surface area contributed by atoms with Gasteiger partial charge < -0.3 is 5.73 Å². The normalized spacial score (nSPS) is 10.7. The number of nitrogens with two attached hydrogens (primary N) is 1. The quantitative estimate of drug-likeness (QED) is 0.560. The van der Waals surface area contributed by atoms with Crippen molar-refractivity contribution in [2.45, 2.75) is 27.3 Å². The van der Waals surface area contributed by atoms with Crippen molar-refractivity contribution >= 4 is 5.84 Å². The van der Waals surface area contributed by atoms with Gasteiger partial charge in [0.05, 0.1) is 11.3 Å². The van der Waals surface area contributed by atoms with E-state index in [1.165, 1.54) is 4.68 Å². The van der Waals surface area contributed by atoms with Gasteiger partial charge >= 0.3 is 0 Å². The summed E-state index contributed by atoms with van der Waals surface area (Å²) in [5, 5.41) is 11.4. The van der Waals surface area contributed by atoms with Crippen molar-refractivity contribution in [2.24, 2.45) is 11.7 Å². The molecule has 1 heterocycles. The second-order valence-electron chi connectivity index (χ2n) is 3.99. The third kappa shape index (κ3) is 2.65. The van der Waals surface area contributed by atoms with Crippen LogP contribution in [0.25, 0.3) is 0 Å². The van der Waals surface area contributed by atoms with Gasteiger partial charge in [0, 0.05) is 6.54 Å². The van der Waals surface area contributed by atoms with Crippen molar-refractivity contribution in [1.29, 1.82) is 5.41 Å². The maximum atomic E-state index is 11.8. The monoisotopic (exact) mass is 208 g/mol. The molecule has 0 saturated carbocycles. The number of rotatable bonds is 3. The molecule has 3 N–H and O–H groups in total. The number of hydrogen-bond acceptors (Lipinski definition) is 3. The van der Waals surface area contributed by atoms with Crippen LogP contribution in [0.1, 0.15) is 25.1 Å². The summed E-state index contributed by atoms with van der Waals surface area (Å²) in [5.41, 5.74) is 5.96. The maximum absolute atomic E-state index is 11.8. The topological polar surface area (TPSA) is 84.8 Å². The van der Waals surface area contributed by atoms with Gasteiger partial charge in [0.2, 0.25) is 0 Å². The standard InChI is InChI=1S/C10H16N4O/c1-6(2)5-14-10(15)8(9(11)12)4-7(3)13-14/h4,6H,5H2,1-3H3,(H3,11,12). The van der Waals surface area contributed by atoms with Crippen LogP contribution in [0.2, 0.25) is 0 Å². The van der Waals surface area contributed by atoms with Gasteiger partial charge in [0.1, 0.15) is 5.84 Å². The third-order valence-electron chi connectivity index (χ3n) is 1.92. The van der Waals surface area contributed by atoms with E-state index in [1.54, 1.807) is 13.0 Å². The van der Waals surface area contributed by atoms with Gasteiger partial charge in [-0.15, -0.1) is 0 Å². The lowest BCUT2D eigenvalue weighted by atomic mass is 10.2. The van der Waals surface area contributed by atoms with E-state index in [4.69, 9.17) is 11.1 Å². The summed E-state index contributed by atoms with van der Waals surface area (Å²) in [6.07, 6.45) is 0. The van der Waals surface area contributed by atoms with E-state index in [0.29, 0.717) is 18.2 Å². The minimum absolute atomic E-state index is 0.206. The molecule has 0 amide bonds. The molecule has 0 aliphatic carbocycles. The molecule has 0 radical (unpaired) electrons. The van der Waals surface area contributed by atoms with E-state index in [-0.39, 0.29) is 17.0 Å². The minimum atomic E-state index is -0.290. The molecule has 0 fully saturated rings. The van der Waals surface area contributed by atoms with E-state index >= 15 is 0 Å². The highest BCUT2D eigenvalue weighted by Gasteiger charge is 2.09. The first-order valence-electron chi connectivity index (χ1n) is 4.85. The Balaban J connectivity index is 3.29. The predicted molar refractivity (Wildman–Crippen MR) is 59.1 cm³/mol. The molecule has 1 aromatic rings. The molecule has 5 heteroatoms. The molecule has 1 aromatic heterocycles. The van der Waals surface area contributed by atoms with Crippen LogP contribution in [0.3, 0.4) is 0 Å². The summed E-state index contributed by atoms with van der Waals surface area (Å²) in [4.78, 5) is 11.8. The van der Waals surface area contributed by atoms with Gasteiger partial charge in [-0.25, -0.2) is 4.68 Å². The van der Waals surface area contributed by atoms with Crippen molar-refractivity contribution < 1.29 is 0 Å². The summed E-state index contributed by atoms with van der Waals surface area (Å²) < 4.78 is 1.37. The molecule has 0 saturated heterocycles. The minimum Gasteiger partial charge on any atom is -0.384 e. The van der Waals surface area contributed by atoms with Crippen LogP contribution in [0.4, 0.5) is 0 Å². The summed E-state index contributed by atoms with van der Waals surface area (Å²) in [7, 11) is 0. The molecule has 1 rings (SSSR count). The molecule has 15 heavy (non-hydrogen) atoms. The van der Waals surface area contributed by atoms with Gasteiger partial charge in [0.25, 0.3) is 5.56 Å². The molecule has 0 aliphatic heterocycles. The number of aromatic nitrogens is 2. The van der Waals surface area contributed by atoms with E-state index < -0.39 is 0 Å². The summed E-state index contributed by atoms with van der Waals surface area (Å²) in [6, 6.07) is 1.54. The zero-order valence-electron chi connectivity index (χ0n) is 9.24. The maximum Gasteiger partial charge on any atom is 0.277 e. The van der Waals surface area contributed by atoms with Gasteiger partial charge in [-0.3, -0.25) is 10.2 Å². The molecule has 0 unspecified atom stereocenters. The molecule has 0 atom stereocenters. The van der Waals surface area contributed by atoms with Crippen molar-refractivity contribution in [2.75, 3.05) is 0 Å². The fourth-order valence-corrected chi connectivity index (χ4v) is 1.34. The van der Waals surface area contributed by atoms with Crippen molar-refractivity contribution in [1.82, 2.24) is 9.78 Å². The van der Waals surface area contributed by atoms with E-state index in [1.807, 2.05) is 13.8 Å². The van der Waals surface area contributed by atoms with Gasteiger partial charge in [0.15, 0.2) is 0 Å². The number of amidine groups is 1. The number of nitrogen functional groups attached to an aromatic ring is 1. The zero-order chi connectivity index (χ0) is 11.6. The van der Waals surface area contributed by atoms with E-state index in [0.717, 1.165) is 0 Å². The first kappa shape index (κ1) is 11.4. The SMILES string of the molecule is Cc1cc(C(=N)N)c(=O)n(CC(C)C)n1. The Hall–Kier alpha value is -1.65. The van der Waals surface area contributed by atoms with Gasteiger partial charge in [-0.1, -0.05) is 13.8 Å². The molecular formula is C10H16N4O. The average molecular weight is 208 g/mol. The lowest BCUT2D eigenvalue weighted by molar-refractivity contribution is 0.460. The highest BCUT2D eigenvalue weighted by atomic mass is 16.1. The first-order chi connectivity index (χ1) is 6.91. The van der Waals surface area contributed by atoms with Crippen LogP contribution in [0.15, 0.2) is 10.9 Å². The van der Waals surface area contributed by atoms with Crippen molar-refractivity contribution in [3.05, 3.63) is 27.7 Å². The number of nitrogens with zero attached hydrogens (tertiary/aromatic N) is 2. The molecule has 82 valence electrons. The van der Waals surface area contributed by atoms with Crippen LogP contribution >= 0.6 is 0 Å². The summed E-state index contributed by atoms with van der Waals surface area (Å²) in [5.74, 6) is 0.125. The van der Waals surface area contributed by atoms with E-state index in [2.05, 4.69) is 5.10 Å². The highest BCUT2D eigenvalue weighted by Crippen LogP contribution is 1.98. The van der Waals surface area contributed by atoms with Crippen LogP contribution in [-0.4, -0.2) is 15.6 Å². The molecule has 0 bridgehead atoms. The number of aryl methyl sites for hydroxylation is 1. The largest absolute Gasteiger partial charge is 0.384 e. The highest BCUT2D eigenvalue weighted by molar-refractivity contribution is 5.94. The fourth-order valence-electron chi connectivity index (χ4n) is 1.34. The molecule has 0 aromatic carbocycles. The Morgan fingerprint density at radius 3 is 2.73 bits per heavy atom. The van der Waals surface area contributed by atoms with Crippen LogP contribution in [0.5, 0.6) is 0 Å². The number of hydrogen-bond donors (Lipinski definition) is 2. The second kappa shape index (κ2) is 4.25. The summed E-state index contributed by atoms with van der Waals surface area (Å²) in [6.45, 7) is 6.33. The Labute approximate surface area is 88.4 Å². The van der Waals surface area contributed by atoms with Crippen molar-refractivity contribution in [3.8, 4) is 0 Å². The predicted octanol–water partition coefficient (Wildman–Crippen LogP) is 0.492. The zero-order valence-corrected chi connectivity index (χ0v) is 9.24. The van der Waals surface area contributed by atoms with Gasteiger partial charge in [-0.05, 0) is 18.9 Å². The molecule has 0 spiro atoms. The molecule has 0 aliphatic rings. The Kier molecular flexibility index (Phi) is 3.24. The Morgan fingerprint density at radius 2 is 2.27 bits per heavy atom. The van der Waals surface area contributed by atoms with Gasteiger partial charge in [-0.2, -0.15) is 5.10 Å². The lowest BCUT2D eigenvalue weighted by Gasteiger charge is -2.09. The van der Waals surface area contributed by atoms with Crippen LogP contribution < -0.4 is 11.3 Å². The average Bonchev–Trinajstić information content (AvgIpc) is 2.09. The molecular weight excluding hydrogens is 192 g/mol. The van der Waals surface area contributed by atoms with Crippen LogP contribution in [-0.2, 0) is 6.54 Å². The van der Waals surface area contributed by atoms with Crippen molar-refractivity contribution in [3.63, 3.8) is 0 Å². The smallest absolute Gasteiger partial charge is 0.277 e. The first-order valence-corrected chi connectivity index (χ1v) is 4.85. The molecule has 5 nitrogen and oxygen atoms in total. The van der Waals surface area contributed by atoms with E-state index in [9.17, 15) is 4.79 Å².